The molecule has 0 amide bonds. The third kappa shape index (κ3) is 7.38. The molecule has 7 heteroatoms. The van der Waals surface area contributed by atoms with E-state index in [1.54, 1.807) is 6.20 Å². The van der Waals surface area contributed by atoms with E-state index < -0.39 is 0 Å². The molecule has 3 aromatic rings. The predicted octanol–water partition coefficient (Wildman–Crippen LogP) is 6.13. The van der Waals surface area contributed by atoms with E-state index in [0.29, 0.717) is 23.1 Å². The van der Waals surface area contributed by atoms with Crippen molar-refractivity contribution in [3.05, 3.63) is 78.0 Å². The first-order valence-electron chi connectivity index (χ1n) is 12.2. The highest BCUT2D eigenvalue weighted by atomic mass is 35.5. The Bertz CT molecular complexity index is 1160. The second-order valence-corrected chi connectivity index (χ2v) is 9.23. The van der Waals surface area contributed by atoms with Crippen LogP contribution in [0.3, 0.4) is 0 Å². The first kappa shape index (κ1) is 24.9. The van der Waals surface area contributed by atoms with Crippen LogP contribution in [0.1, 0.15) is 31.2 Å². The lowest BCUT2D eigenvalue weighted by molar-refractivity contribution is -0.114. The van der Waals surface area contributed by atoms with Gasteiger partial charge in [0.15, 0.2) is 5.78 Å². The van der Waals surface area contributed by atoms with Crippen LogP contribution in [0.15, 0.2) is 67.4 Å². The topological polar surface area (TPSA) is 70.2 Å². The number of nitrogens with one attached hydrogen (secondary N) is 2. The summed E-state index contributed by atoms with van der Waals surface area (Å²) in [6.45, 7) is 8.10. The largest absolute Gasteiger partial charge is 0.385 e. The lowest BCUT2D eigenvalue weighted by atomic mass is 10.0. The van der Waals surface area contributed by atoms with Crippen molar-refractivity contribution in [2.45, 2.75) is 32.1 Å². The first-order chi connectivity index (χ1) is 17.1. The quantitative estimate of drug-likeness (QED) is 0.249. The molecule has 0 saturated carbocycles. The molecular weight excluding hydrogens is 458 g/mol. The Hall–Kier alpha value is -3.22. The molecule has 2 N–H and O–H groups in total. The summed E-state index contributed by atoms with van der Waals surface area (Å²) >= 11 is 6.42. The Kier molecular flexibility index (Phi) is 8.87. The van der Waals surface area contributed by atoms with Gasteiger partial charge in [-0.15, -0.1) is 0 Å². The molecule has 2 heterocycles. The van der Waals surface area contributed by atoms with Crippen molar-refractivity contribution < 1.29 is 4.79 Å². The number of rotatable bonds is 11. The van der Waals surface area contributed by atoms with Crippen molar-refractivity contribution in [3.63, 3.8) is 0 Å². The van der Waals surface area contributed by atoms with Crippen LogP contribution < -0.4 is 10.6 Å². The first-order valence-corrected chi connectivity index (χ1v) is 12.6. The molecule has 1 fully saturated rings. The molecule has 1 aromatic heterocycles. The van der Waals surface area contributed by atoms with Crippen molar-refractivity contribution in [3.8, 4) is 11.3 Å². The summed E-state index contributed by atoms with van der Waals surface area (Å²) in [7, 11) is 0. The fourth-order valence-corrected chi connectivity index (χ4v) is 4.49. The number of aromatic nitrogens is 2. The number of piperidine rings is 1. The zero-order chi connectivity index (χ0) is 24.5. The highest BCUT2D eigenvalue weighted by Crippen LogP contribution is 2.28. The minimum atomic E-state index is -0.0294. The van der Waals surface area contributed by atoms with Gasteiger partial charge in [-0.1, -0.05) is 48.9 Å². The lowest BCUT2D eigenvalue weighted by Gasteiger charge is -2.26. The van der Waals surface area contributed by atoms with Crippen LogP contribution >= 0.6 is 11.6 Å². The molecule has 0 bridgehead atoms. The molecule has 0 spiro atoms. The minimum Gasteiger partial charge on any atom is -0.385 e. The van der Waals surface area contributed by atoms with Gasteiger partial charge in [-0.3, -0.25) is 4.79 Å². The summed E-state index contributed by atoms with van der Waals surface area (Å²) in [5, 5.41) is 7.25. The number of carbonyl (C=O) groups excluding carboxylic acids is 1. The van der Waals surface area contributed by atoms with Gasteiger partial charge >= 0.3 is 0 Å². The highest BCUT2D eigenvalue weighted by molar-refractivity contribution is 6.32. The van der Waals surface area contributed by atoms with Gasteiger partial charge in [0.05, 0.1) is 16.9 Å². The van der Waals surface area contributed by atoms with E-state index in [4.69, 9.17) is 11.6 Å². The van der Waals surface area contributed by atoms with Crippen LogP contribution in [0.2, 0.25) is 5.02 Å². The van der Waals surface area contributed by atoms with E-state index in [-0.39, 0.29) is 5.78 Å². The third-order valence-electron chi connectivity index (χ3n) is 6.10. The van der Waals surface area contributed by atoms with Gasteiger partial charge in [-0.05, 0) is 74.8 Å². The highest BCUT2D eigenvalue weighted by Gasteiger charge is 2.11. The number of anilines is 3. The monoisotopic (exact) mass is 489 g/mol. The summed E-state index contributed by atoms with van der Waals surface area (Å²) in [6, 6.07) is 15.8. The molecule has 4 rings (SSSR count). The number of likely N-dealkylation sites (tertiary alicyclic amines) is 1. The fourth-order valence-electron chi connectivity index (χ4n) is 4.29. The zero-order valence-electron chi connectivity index (χ0n) is 20.0. The van der Waals surface area contributed by atoms with Gasteiger partial charge in [-0.25, -0.2) is 9.97 Å². The van der Waals surface area contributed by atoms with Crippen molar-refractivity contribution in [2.75, 3.05) is 36.8 Å². The number of allylic oxidation sites excluding steroid dienone is 1. The fraction of sp³-hybridized carbons (Fsp3) is 0.321. The Labute approximate surface area is 212 Å². The standard InChI is InChI=1S/C28H32ClN5O/c1-2-25(35)18-21-9-6-10-22(17-21)27-26(29)20-31-28(33-27)32-24-12-7-11-23(19-24)30-13-8-16-34-14-4-3-5-15-34/h2,6-7,9-12,17,19-20,30H,1,3-5,8,13-16,18H2,(H,31,32,33). The van der Waals surface area contributed by atoms with Gasteiger partial charge in [-0.2, -0.15) is 0 Å². The zero-order valence-corrected chi connectivity index (χ0v) is 20.7. The molecule has 2 aromatic carbocycles. The number of hydrogen-bond acceptors (Lipinski definition) is 6. The molecule has 0 aliphatic carbocycles. The van der Waals surface area contributed by atoms with Gasteiger partial charge in [0, 0.05) is 29.9 Å². The minimum absolute atomic E-state index is 0.0294. The molecule has 182 valence electrons. The number of carbonyl (C=O) groups is 1. The summed E-state index contributed by atoms with van der Waals surface area (Å²) in [5.74, 6) is 0.428. The van der Waals surface area contributed by atoms with Crippen molar-refractivity contribution in [1.29, 1.82) is 0 Å². The van der Waals surface area contributed by atoms with E-state index in [1.807, 2.05) is 36.4 Å². The van der Waals surface area contributed by atoms with Gasteiger partial charge < -0.3 is 15.5 Å². The maximum atomic E-state index is 11.7. The Morgan fingerprint density at radius 2 is 1.89 bits per heavy atom. The number of halogens is 1. The molecular formula is C28H32ClN5O. The summed E-state index contributed by atoms with van der Waals surface area (Å²) in [5.41, 5.74) is 4.28. The molecule has 1 aliphatic heterocycles. The molecule has 1 saturated heterocycles. The van der Waals surface area contributed by atoms with E-state index in [2.05, 4.69) is 44.2 Å². The molecule has 6 nitrogen and oxygen atoms in total. The van der Waals surface area contributed by atoms with Gasteiger partial charge in [0.25, 0.3) is 0 Å². The van der Waals surface area contributed by atoms with Gasteiger partial charge in [0.1, 0.15) is 0 Å². The average Bonchev–Trinajstić information content (AvgIpc) is 2.89. The van der Waals surface area contributed by atoms with Crippen LogP contribution in [0, 0.1) is 0 Å². The van der Waals surface area contributed by atoms with Crippen LogP contribution in [0.4, 0.5) is 17.3 Å². The Morgan fingerprint density at radius 1 is 1.09 bits per heavy atom. The normalized spacial score (nSPS) is 13.9. The maximum Gasteiger partial charge on any atom is 0.227 e. The van der Waals surface area contributed by atoms with Crippen molar-refractivity contribution >= 4 is 34.7 Å². The lowest BCUT2D eigenvalue weighted by Crippen LogP contribution is -2.31. The van der Waals surface area contributed by atoms with Crippen molar-refractivity contribution in [2.24, 2.45) is 0 Å². The van der Waals surface area contributed by atoms with Crippen LogP contribution in [0.5, 0.6) is 0 Å². The smallest absolute Gasteiger partial charge is 0.227 e. The number of benzene rings is 2. The van der Waals surface area contributed by atoms with E-state index in [1.165, 1.54) is 38.4 Å². The second-order valence-electron chi connectivity index (χ2n) is 8.83. The maximum absolute atomic E-state index is 11.7. The van der Waals surface area contributed by atoms with Crippen LogP contribution in [-0.2, 0) is 11.2 Å². The second kappa shape index (κ2) is 12.5. The van der Waals surface area contributed by atoms with Crippen LogP contribution in [-0.4, -0.2) is 46.8 Å². The molecule has 0 radical (unpaired) electrons. The molecule has 0 atom stereocenters. The van der Waals surface area contributed by atoms with Crippen LogP contribution in [0.25, 0.3) is 11.3 Å². The number of hydrogen-bond donors (Lipinski definition) is 2. The van der Waals surface area contributed by atoms with E-state index in [9.17, 15) is 4.79 Å². The third-order valence-corrected chi connectivity index (χ3v) is 6.37. The molecule has 35 heavy (non-hydrogen) atoms. The summed E-state index contributed by atoms with van der Waals surface area (Å²) in [4.78, 5) is 23.3. The Balaban J connectivity index is 1.39. The van der Waals surface area contributed by atoms with E-state index >= 15 is 0 Å². The number of nitrogens with zero attached hydrogens (tertiary/aromatic N) is 3. The summed E-state index contributed by atoms with van der Waals surface area (Å²) < 4.78 is 0. The van der Waals surface area contributed by atoms with E-state index in [0.717, 1.165) is 42.0 Å². The average molecular weight is 490 g/mol. The predicted molar refractivity (Wildman–Crippen MR) is 145 cm³/mol. The number of ketones is 1. The summed E-state index contributed by atoms with van der Waals surface area (Å²) in [6.07, 6.45) is 8.38. The molecule has 0 unspecified atom stereocenters. The van der Waals surface area contributed by atoms with Crippen molar-refractivity contribution in [1.82, 2.24) is 14.9 Å². The van der Waals surface area contributed by atoms with Gasteiger partial charge in [0.2, 0.25) is 5.95 Å². The molecule has 1 aliphatic rings. The SMILES string of the molecule is C=CC(=O)Cc1cccc(-c2nc(Nc3cccc(NCCCN4CCCCC4)c3)ncc2Cl)c1. The Morgan fingerprint density at radius 3 is 2.71 bits per heavy atom.